The van der Waals surface area contributed by atoms with E-state index in [1.54, 1.807) is 6.92 Å². The van der Waals surface area contributed by atoms with Crippen LogP contribution in [0.3, 0.4) is 0 Å². The summed E-state index contributed by atoms with van der Waals surface area (Å²) < 4.78 is 12.6. The lowest BCUT2D eigenvalue weighted by atomic mass is 10.0. The van der Waals surface area contributed by atoms with Crippen molar-refractivity contribution in [1.29, 1.82) is 0 Å². The van der Waals surface area contributed by atoms with Gasteiger partial charge in [0.1, 0.15) is 5.83 Å². The smallest absolute Gasteiger partial charge is 0.235 e. The average molecular weight is 157 g/mol. The fourth-order valence-corrected chi connectivity index (χ4v) is 0.962. The van der Waals surface area contributed by atoms with E-state index in [4.69, 9.17) is 0 Å². The highest BCUT2D eigenvalue weighted by Gasteiger charge is 2.21. The Morgan fingerprint density at radius 1 is 1.82 bits per heavy atom. The number of nitrogens with zero attached hydrogens (tertiary/aromatic N) is 1. The Bertz CT molecular complexity index is 245. The SMILES string of the molecule is CC1=C(F)C=CC([N+](=O)[O-])C1. The molecule has 4 heteroatoms. The van der Waals surface area contributed by atoms with E-state index in [0.29, 0.717) is 5.57 Å². The van der Waals surface area contributed by atoms with Crippen molar-refractivity contribution in [1.82, 2.24) is 0 Å². The Kier molecular flexibility index (Phi) is 2.03. The van der Waals surface area contributed by atoms with Crippen LogP contribution in [-0.2, 0) is 0 Å². The van der Waals surface area contributed by atoms with Crippen molar-refractivity contribution in [3.63, 3.8) is 0 Å². The van der Waals surface area contributed by atoms with E-state index in [-0.39, 0.29) is 12.2 Å². The van der Waals surface area contributed by atoms with Gasteiger partial charge in [-0.3, -0.25) is 10.1 Å². The maximum absolute atomic E-state index is 12.6. The first-order chi connectivity index (χ1) is 5.11. The van der Waals surface area contributed by atoms with Gasteiger partial charge in [0.05, 0.1) is 0 Å². The standard InChI is InChI=1S/C7H8FNO2/c1-5-4-6(9(10)11)2-3-7(5)8/h2-3,6H,4H2,1H3. The highest BCUT2D eigenvalue weighted by atomic mass is 19.1. The third-order valence-electron chi connectivity index (χ3n) is 1.66. The zero-order valence-electron chi connectivity index (χ0n) is 6.08. The minimum atomic E-state index is -0.741. The highest BCUT2D eigenvalue weighted by molar-refractivity contribution is 5.24. The fraction of sp³-hybridized carbons (Fsp3) is 0.429. The van der Waals surface area contributed by atoms with E-state index in [1.807, 2.05) is 0 Å². The molecule has 0 aromatic carbocycles. The van der Waals surface area contributed by atoms with E-state index >= 15 is 0 Å². The summed E-state index contributed by atoms with van der Waals surface area (Å²) in [6, 6.07) is -0.741. The van der Waals surface area contributed by atoms with Gasteiger partial charge in [-0.1, -0.05) is 0 Å². The predicted octanol–water partition coefficient (Wildman–Crippen LogP) is 1.84. The highest BCUT2D eigenvalue weighted by Crippen LogP contribution is 2.20. The maximum Gasteiger partial charge on any atom is 0.235 e. The molecule has 0 radical (unpaired) electrons. The van der Waals surface area contributed by atoms with Gasteiger partial charge in [0.15, 0.2) is 0 Å². The summed E-state index contributed by atoms with van der Waals surface area (Å²) in [5.74, 6) is -0.344. The lowest BCUT2D eigenvalue weighted by Gasteiger charge is -2.09. The van der Waals surface area contributed by atoms with Gasteiger partial charge < -0.3 is 0 Å². The Balaban J connectivity index is 2.74. The molecule has 0 saturated heterocycles. The summed E-state index contributed by atoms with van der Waals surface area (Å²) in [6.07, 6.45) is 2.63. The molecule has 0 aliphatic heterocycles. The van der Waals surface area contributed by atoms with Crippen LogP contribution in [0, 0.1) is 10.1 Å². The van der Waals surface area contributed by atoms with Crippen LogP contribution >= 0.6 is 0 Å². The fourth-order valence-electron chi connectivity index (χ4n) is 0.962. The average Bonchev–Trinajstić information content (AvgIpc) is 1.94. The van der Waals surface area contributed by atoms with Crippen molar-refractivity contribution in [2.24, 2.45) is 0 Å². The summed E-state index contributed by atoms with van der Waals surface area (Å²) in [4.78, 5) is 9.81. The summed E-state index contributed by atoms with van der Waals surface area (Å²) in [7, 11) is 0. The van der Waals surface area contributed by atoms with Crippen molar-refractivity contribution in [2.75, 3.05) is 0 Å². The second kappa shape index (κ2) is 2.82. The van der Waals surface area contributed by atoms with E-state index in [2.05, 4.69) is 0 Å². The molecule has 0 N–H and O–H groups in total. The summed E-state index contributed by atoms with van der Waals surface area (Å²) in [5, 5.41) is 10.2. The minimum absolute atomic E-state index is 0.190. The van der Waals surface area contributed by atoms with Gasteiger partial charge in [-0.2, -0.15) is 0 Å². The van der Waals surface area contributed by atoms with Gasteiger partial charge in [0, 0.05) is 11.3 Å². The Labute approximate surface area is 63.4 Å². The molecule has 1 rings (SSSR count). The van der Waals surface area contributed by atoms with Crippen LogP contribution in [0.15, 0.2) is 23.6 Å². The molecular weight excluding hydrogens is 149 g/mol. The molecule has 11 heavy (non-hydrogen) atoms. The van der Waals surface area contributed by atoms with E-state index in [0.717, 1.165) is 6.08 Å². The van der Waals surface area contributed by atoms with Gasteiger partial charge >= 0.3 is 0 Å². The molecule has 0 bridgehead atoms. The molecule has 0 aromatic heterocycles. The van der Waals surface area contributed by atoms with Crippen LogP contribution in [0.4, 0.5) is 4.39 Å². The van der Waals surface area contributed by atoms with Gasteiger partial charge in [0.25, 0.3) is 0 Å². The number of hydrogen-bond donors (Lipinski definition) is 0. The first-order valence-corrected chi connectivity index (χ1v) is 3.28. The van der Waals surface area contributed by atoms with Gasteiger partial charge in [-0.15, -0.1) is 0 Å². The van der Waals surface area contributed by atoms with E-state index in [9.17, 15) is 14.5 Å². The first kappa shape index (κ1) is 7.91. The third-order valence-corrected chi connectivity index (χ3v) is 1.66. The number of halogens is 1. The summed E-state index contributed by atoms with van der Waals surface area (Å²) in [5.41, 5.74) is 0.453. The van der Waals surface area contributed by atoms with Crippen molar-refractivity contribution >= 4 is 0 Å². The number of rotatable bonds is 1. The van der Waals surface area contributed by atoms with Crippen LogP contribution in [0.25, 0.3) is 0 Å². The largest absolute Gasteiger partial charge is 0.264 e. The molecular formula is C7H8FNO2. The predicted molar refractivity (Wildman–Crippen MR) is 38.3 cm³/mol. The van der Waals surface area contributed by atoms with E-state index in [1.165, 1.54) is 6.08 Å². The number of nitro groups is 1. The van der Waals surface area contributed by atoms with Crippen LogP contribution in [0.5, 0.6) is 0 Å². The van der Waals surface area contributed by atoms with Crippen molar-refractivity contribution in [3.05, 3.63) is 33.7 Å². The monoisotopic (exact) mass is 157 g/mol. The molecule has 0 spiro atoms. The molecule has 0 saturated carbocycles. The summed E-state index contributed by atoms with van der Waals surface area (Å²) >= 11 is 0. The zero-order valence-corrected chi connectivity index (χ0v) is 6.08. The second-order valence-corrected chi connectivity index (χ2v) is 2.54. The maximum atomic E-state index is 12.6. The van der Waals surface area contributed by atoms with Gasteiger partial charge in [0.2, 0.25) is 6.04 Å². The van der Waals surface area contributed by atoms with E-state index < -0.39 is 11.0 Å². The summed E-state index contributed by atoms with van der Waals surface area (Å²) in [6.45, 7) is 1.56. The van der Waals surface area contributed by atoms with Crippen LogP contribution in [-0.4, -0.2) is 11.0 Å². The molecule has 0 heterocycles. The third kappa shape index (κ3) is 1.63. The van der Waals surface area contributed by atoms with Crippen LogP contribution in [0.1, 0.15) is 13.3 Å². The molecule has 1 aliphatic carbocycles. The van der Waals surface area contributed by atoms with Crippen molar-refractivity contribution < 1.29 is 9.31 Å². The lowest BCUT2D eigenvalue weighted by molar-refractivity contribution is -0.509. The quantitative estimate of drug-likeness (QED) is 0.430. The van der Waals surface area contributed by atoms with Gasteiger partial charge in [-0.25, -0.2) is 4.39 Å². The first-order valence-electron chi connectivity index (χ1n) is 3.28. The lowest BCUT2D eigenvalue weighted by Crippen LogP contribution is -2.19. The molecule has 0 amide bonds. The molecule has 3 nitrogen and oxygen atoms in total. The molecule has 1 atom stereocenters. The van der Waals surface area contributed by atoms with Crippen molar-refractivity contribution in [2.45, 2.75) is 19.4 Å². The van der Waals surface area contributed by atoms with Crippen molar-refractivity contribution in [3.8, 4) is 0 Å². The topological polar surface area (TPSA) is 43.1 Å². The zero-order chi connectivity index (χ0) is 8.43. The Hall–Kier alpha value is -1.19. The Morgan fingerprint density at radius 2 is 2.45 bits per heavy atom. The number of allylic oxidation sites excluding steroid dienone is 2. The number of hydrogen-bond acceptors (Lipinski definition) is 2. The van der Waals surface area contributed by atoms with Crippen LogP contribution in [0.2, 0.25) is 0 Å². The molecule has 1 unspecified atom stereocenters. The molecule has 1 aliphatic rings. The molecule has 0 fully saturated rings. The van der Waals surface area contributed by atoms with Gasteiger partial charge in [-0.05, 0) is 24.6 Å². The van der Waals surface area contributed by atoms with Crippen LogP contribution < -0.4 is 0 Å². The Morgan fingerprint density at radius 3 is 2.91 bits per heavy atom. The normalized spacial score (nSPS) is 24.0. The second-order valence-electron chi connectivity index (χ2n) is 2.54. The molecule has 0 aromatic rings. The minimum Gasteiger partial charge on any atom is -0.264 e. The molecule has 60 valence electrons.